The van der Waals surface area contributed by atoms with E-state index in [0.29, 0.717) is 13.0 Å². The van der Waals surface area contributed by atoms with Crippen molar-refractivity contribution in [3.05, 3.63) is 0 Å². The van der Waals surface area contributed by atoms with Crippen molar-refractivity contribution in [1.29, 1.82) is 0 Å². The third-order valence-corrected chi connectivity index (χ3v) is 2.03. The fourth-order valence-corrected chi connectivity index (χ4v) is 1.33. The van der Waals surface area contributed by atoms with Gasteiger partial charge in [-0.15, -0.1) is 0 Å². The molecule has 4 heteroatoms. The molecular weight excluding hydrogens is 156 g/mol. The van der Waals surface area contributed by atoms with Crippen molar-refractivity contribution in [2.24, 2.45) is 0 Å². The average molecular weight is 170 g/mol. The molecule has 1 N–H and O–H groups in total. The van der Waals surface area contributed by atoms with Crippen LogP contribution in [-0.2, 0) is 4.79 Å². The van der Waals surface area contributed by atoms with Crippen molar-refractivity contribution < 1.29 is 9.59 Å². The van der Waals surface area contributed by atoms with E-state index in [1.165, 1.54) is 4.90 Å². The number of likely N-dealkylation sites (tertiary alicyclic amines) is 1. The van der Waals surface area contributed by atoms with Crippen molar-refractivity contribution in [3.8, 4) is 0 Å². The first-order valence-electron chi connectivity index (χ1n) is 4.28. The highest BCUT2D eigenvalue weighted by molar-refractivity contribution is 5.94. The first-order chi connectivity index (χ1) is 5.75. The fourth-order valence-electron chi connectivity index (χ4n) is 1.33. The number of carbonyl (C=O) groups is 2. The first-order valence-corrected chi connectivity index (χ1v) is 4.28. The third-order valence-electron chi connectivity index (χ3n) is 2.03. The molecule has 0 atom stereocenters. The number of hydrogen-bond acceptors (Lipinski definition) is 2. The Morgan fingerprint density at radius 3 is 2.83 bits per heavy atom. The van der Waals surface area contributed by atoms with Gasteiger partial charge in [-0.25, -0.2) is 4.79 Å². The van der Waals surface area contributed by atoms with Crippen molar-refractivity contribution >= 4 is 11.9 Å². The molecule has 0 unspecified atom stereocenters. The maximum absolute atomic E-state index is 11.3. The zero-order chi connectivity index (χ0) is 8.97. The molecule has 0 bridgehead atoms. The molecular formula is C8H14N2O2. The van der Waals surface area contributed by atoms with Gasteiger partial charge in [-0.05, 0) is 12.8 Å². The molecule has 0 spiro atoms. The van der Waals surface area contributed by atoms with Gasteiger partial charge in [0.25, 0.3) is 0 Å². The molecule has 1 heterocycles. The summed E-state index contributed by atoms with van der Waals surface area (Å²) in [4.78, 5) is 23.7. The summed E-state index contributed by atoms with van der Waals surface area (Å²) in [6.45, 7) is 0.568. The van der Waals surface area contributed by atoms with Crippen LogP contribution in [0.1, 0.15) is 25.7 Å². The number of amides is 3. The van der Waals surface area contributed by atoms with Crippen LogP contribution >= 0.6 is 0 Å². The molecule has 0 aromatic rings. The van der Waals surface area contributed by atoms with E-state index in [-0.39, 0.29) is 11.9 Å². The molecule has 0 saturated carbocycles. The lowest BCUT2D eigenvalue weighted by molar-refractivity contribution is -0.127. The lowest BCUT2D eigenvalue weighted by Crippen LogP contribution is -2.41. The monoisotopic (exact) mass is 170 g/mol. The van der Waals surface area contributed by atoms with Crippen molar-refractivity contribution in [1.82, 2.24) is 10.2 Å². The Bertz CT molecular complexity index is 191. The molecule has 68 valence electrons. The Morgan fingerprint density at radius 2 is 2.17 bits per heavy atom. The first kappa shape index (κ1) is 9.03. The smallest absolute Gasteiger partial charge is 0.323 e. The summed E-state index contributed by atoms with van der Waals surface area (Å²) < 4.78 is 0. The standard InChI is InChI=1S/C8H14N2O2/c1-9-8(12)10-6-4-2-3-5-7(10)11/h2-6H2,1H3,(H,9,12). The summed E-state index contributed by atoms with van der Waals surface area (Å²) in [5.74, 6) is -0.0492. The number of carbonyl (C=O) groups excluding carboxylic acids is 2. The Labute approximate surface area is 71.9 Å². The Morgan fingerprint density at radius 1 is 1.42 bits per heavy atom. The molecule has 12 heavy (non-hydrogen) atoms. The Kier molecular flexibility index (Phi) is 3.08. The summed E-state index contributed by atoms with van der Waals surface area (Å²) in [6, 6.07) is -0.276. The average Bonchev–Trinajstić information content (AvgIpc) is 2.28. The van der Waals surface area contributed by atoms with Crippen LogP contribution in [0.4, 0.5) is 4.79 Å². The van der Waals surface area contributed by atoms with Gasteiger partial charge in [0.1, 0.15) is 0 Å². The molecule has 1 saturated heterocycles. The maximum Gasteiger partial charge on any atom is 0.323 e. The van der Waals surface area contributed by atoms with Gasteiger partial charge in [0.15, 0.2) is 0 Å². The molecule has 0 aromatic heterocycles. The maximum atomic E-state index is 11.3. The van der Waals surface area contributed by atoms with Crippen LogP contribution in [0.15, 0.2) is 0 Å². The summed E-state index contributed by atoms with van der Waals surface area (Å²) >= 11 is 0. The topological polar surface area (TPSA) is 49.4 Å². The van der Waals surface area contributed by atoms with E-state index >= 15 is 0 Å². The second kappa shape index (κ2) is 4.09. The zero-order valence-corrected chi connectivity index (χ0v) is 7.30. The zero-order valence-electron chi connectivity index (χ0n) is 7.30. The number of hydrogen-bond donors (Lipinski definition) is 1. The summed E-state index contributed by atoms with van der Waals surface area (Å²) in [7, 11) is 1.54. The number of rotatable bonds is 0. The van der Waals surface area contributed by atoms with Crippen LogP contribution in [-0.4, -0.2) is 30.4 Å². The van der Waals surface area contributed by atoms with Crippen LogP contribution in [0, 0.1) is 0 Å². The predicted octanol–water partition coefficient (Wildman–Crippen LogP) is 0.728. The second-order valence-electron chi connectivity index (χ2n) is 2.91. The van der Waals surface area contributed by atoms with Crippen LogP contribution in [0.25, 0.3) is 0 Å². The molecule has 1 fully saturated rings. The second-order valence-corrected chi connectivity index (χ2v) is 2.91. The van der Waals surface area contributed by atoms with E-state index in [1.54, 1.807) is 7.05 Å². The highest BCUT2D eigenvalue weighted by Crippen LogP contribution is 2.10. The molecule has 4 nitrogen and oxygen atoms in total. The van der Waals surface area contributed by atoms with Gasteiger partial charge in [0.05, 0.1) is 0 Å². The number of nitrogens with zero attached hydrogens (tertiary/aromatic N) is 1. The van der Waals surface area contributed by atoms with Crippen molar-refractivity contribution in [2.75, 3.05) is 13.6 Å². The molecule has 0 aromatic carbocycles. The summed E-state index contributed by atoms with van der Waals surface area (Å²) in [5, 5.41) is 2.46. The molecule has 3 amide bonds. The number of urea groups is 1. The van der Waals surface area contributed by atoms with Crippen LogP contribution in [0.3, 0.4) is 0 Å². The van der Waals surface area contributed by atoms with E-state index in [9.17, 15) is 9.59 Å². The molecule has 1 aliphatic heterocycles. The van der Waals surface area contributed by atoms with Crippen molar-refractivity contribution in [3.63, 3.8) is 0 Å². The lowest BCUT2D eigenvalue weighted by atomic mass is 10.2. The van der Waals surface area contributed by atoms with Gasteiger partial charge < -0.3 is 5.32 Å². The summed E-state index contributed by atoms with van der Waals surface area (Å²) in [6.07, 6.45) is 3.39. The van der Waals surface area contributed by atoms with Gasteiger partial charge in [-0.2, -0.15) is 0 Å². The fraction of sp³-hybridized carbons (Fsp3) is 0.750. The minimum absolute atomic E-state index is 0.0492. The molecule has 0 radical (unpaired) electrons. The third kappa shape index (κ3) is 1.96. The van der Waals surface area contributed by atoms with E-state index in [0.717, 1.165) is 19.3 Å². The molecule has 0 aliphatic carbocycles. The van der Waals surface area contributed by atoms with E-state index in [2.05, 4.69) is 5.32 Å². The van der Waals surface area contributed by atoms with Crippen LogP contribution in [0.5, 0.6) is 0 Å². The SMILES string of the molecule is CNC(=O)N1CCCCCC1=O. The quantitative estimate of drug-likeness (QED) is 0.582. The van der Waals surface area contributed by atoms with Gasteiger partial charge in [0, 0.05) is 20.0 Å². The number of imide groups is 1. The van der Waals surface area contributed by atoms with Crippen molar-refractivity contribution in [2.45, 2.75) is 25.7 Å². The Balaban J connectivity index is 2.59. The van der Waals surface area contributed by atoms with E-state index in [1.807, 2.05) is 0 Å². The largest absolute Gasteiger partial charge is 0.341 e. The minimum Gasteiger partial charge on any atom is -0.341 e. The van der Waals surface area contributed by atoms with Gasteiger partial charge in [0.2, 0.25) is 5.91 Å². The van der Waals surface area contributed by atoms with Gasteiger partial charge in [-0.1, -0.05) is 6.42 Å². The van der Waals surface area contributed by atoms with E-state index < -0.39 is 0 Å². The highest BCUT2D eigenvalue weighted by atomic mass is 16.2. The Hall–Kier alpha value is -1.06. The van der Waals surface area contributed by atoms with Crippen LogP contribution in [0.2, 0.25) is 0 Å². The number of nitrogens with one attached hydrogen (secondary N) is 1. The van der Waals surface area contributed by atoms with Gasteiger partial charge >= 0.3 is 6.03 Å². The predicted molar refractivity (Wildman–Crippen MR) is 44.6 cm³/mol. The van der Waals surface area contributed by atoms with Crippen LogP contribution < -0.4 is 5.32 Å². The lowest BCUT2D eigenvalue weighted by Gasteiger charge is -2.17. The van der Waals surface area contributed by atoms with Gasteiger partial charge in [-0.3, -0.25) is 9.69 Å². The normalized spacial score (nSPS) is 18.8. The highest BCUT2D eigenvalue weighted by Gasteiger charge is 2.21. The summed E-state index contributed by atoms with van der Waals surface area (Å²) in [5.41, 5.74) is 0. The van der Waals surface area contributed by atoms with E-state index in [4.69, 9.17) is 0 Å². The minimum atomic E-state index is -0.276. The molecule has 1 aliphatic rings. The molecule has 1 rings (SSSR count).